The molecule has 0 atom stereocenters. The van der Waals surface area contributed by atoms with Crippen molar-refractivity contribution in [3.63, 3.8) is 0 Å². The lowest BCUT2D eigenvalue weighted by atomic mass is 9.94. The summed E-state index contributed by atoms with van der Waals surface area (Å²) in [5.41, 5.74) is 0.856. The number of hydrogen-bond donors (Lipinski definition) is 0. The van der Waals surface area contributed by atoms with Crippen molar-refractivity contribution in [3.05, 3.63) is 26.2 Å². The van der Waals surface area contributed by atoms with Gasteiger partial charge >= 0.3 is 5.97 Å². The fourth-order valence-electron chi connectivity index (χ4n) is 5.16. The lowest BCUT2D eigenvalue weighted by Gasteiger charge is -2.31. The third-order valence-electron chi connectivity index (χ3n) is 6.91. The van der Waals surface area contributed by atoms with E-state index in [1.54, 1.807) is 6.92 Å². The van der Waals surface area contributed by atoms with Crippen LogP contribution in [0.3, 0.4) is 0 Å². The van der Waals surface area contributed by atoms with E-state index >= 15 is 0 Å². The highest BCUT2D eigenvalue weighted by Gasteiger charge is 2.39. The Balaban J connectivity index is 1.61. The molecule has 0 aromatic heterocycles. The highest BCUT2D eigenvalue weighted by atomic mass is 127. The van der Waals surface area contributed by atoms with E-state index in [0.29, 0.717) is 35.7 Å². The summed E-state index contributed by atoms with van der Waals surface area (Å²) in [4.78, 5) is 33.3. The van der Waals surface area contributed by atoms with Crippen LogP contribution in [0.1, 0.15) is 83.6 Å². The van der Waals surface area contributed by atoms with E-state index < -0.39 is 5.97 Å². The van der Waals surface area contributed by atoms with Crippen LogP contribution in [0.5, 0.6) is 11.5 Å². The average molecular weight is 641 g/mol. The van der Waals surface area contributed by atoms with Crippen LogP contribution in [0.25, 0.3) is 6.08 Å². The smallest absolute Gasteiger partial charge is 0.344 e. The molecule has 0 unspecified atom stereocenters. The van der Waals surface area contributed by atoms with Gasteiger partial charge in [0.2, 0.25) is 0 Å². The Labute approximate surface area is 237 Å². The molecular weight excluding hydrogens is 603 g/mol. The van der Waals surface area contributed by atoms with Crippen molar-refractivity contribution in [3.8, 4) is 11.5 Å². The third kappa shape index (κ3) is 7.43. The second-order valence-corrected chi connectivity index (χ2v) is 11.8. The van der Waals surface area contributed by atoms with Gasteiger partial charge in [-0.3, -0.25) is 14.7 Å². The molecule has 202 valence electrons. The summed E-state index contributed by atoms with van der Waals surface area (Å²) in [6.07, 6.45) is 13.5. The average Bonchev–Trinajstić information content (AvgIpc) is 3.19. The number of carbonyl (C=O) groups is 2. The summed E-state index contributed by atoms with van der Waals surface area (Å²) in [5.74, 6) is 0.683. The lowest BCUT2D eigenvalue weighted by Crippen LogP contribution is -2.41. The second kappa shape index (κ2) is 13.9. The number of benzene rings is 1. The molecule has 3 aliphatic rings. The van der Waals surface area contributed by atoms with Gasteiger partial charge < -0.3 is 14.2 Å². The molecule has 9 heteroatoms. The van der Waals surface area contributed by atoms with Crippen LogP contribution in [-0.2, 0) is 14.3 Å². The van der Waals surface area contributed by atoms with E-state index in [-0.39, 0.29) is 18.6 Å². The number of thioether (sulfide) groups is 1. The molecule has 2 aliphatic carbocycles. The quantitative estimate of drug-likeness (QED) is 0.173. The van der Waals surface area contributed by atoms with Crippen LogP contribution < -0.4 is 9.47 Å². The van der Waals surface area contributed by atoms with Gasteiger partial charge in [0, 0.05) is 6.04 Å². The third-order valence-corrected chi connectivity index (χ3v) is 8.71. The monoisotopic (exact) mass is 640 g/mol. The van der Waals surface area contributed by atoms with Crippen molar-refractivity contribution in [1.29, 1.82) is 0 Å². The molecule has 1 amide bonds. The first-order chi connectivity index (χ1) is 18.0. The minimum atomic E-state index is -0.424. The molecular formula is C28H37IN2O5S. The first-order valence-electron chi connectivity index (χ1n) is 13.6. The SMILES string of the molecule is CCOC(=O)COc1c(I)cc(C=C2SC(=NC3CCCCC3)N(C3CCCCC3)C2=O)cc1OCC. The number of hydrogen-bond acceptors (Lipinski definition) is 7. The van der Waals surface area contributed by atoms with Gasteiger partial charge in [-0.2, -0.15) is 0 Å². The summed E-state index contributed by atoms with van der Waals surface area (Å²) >= 11 is 3.69. The first kappa shape index (κ1) is 28.3. The Hall–Kier alpha value is -1.75. The van der Waals surface area contributed by atoms with Crippen LogP contribution in [0, 0.1) is 3.57 Å². The fourth-order valence-corrected chi connectivity index (χ4v) is 7.05. The largest absolute Gasteiger partial charge is 0.490 e. The zero-order chi connectivity index (χ0) is 26.2. The molecule has 1 aliphatic heterocycles. The Morgan fingerprint density at radius 1 is 1.05 bits per heavy atom. The maximum absolute atomic E-state index is 13.7. The van der Waals surface area contributed by atoms with Crippen molar-refractivity contribution >= 4 is 57.5 Å². The van der Waals surface area contributed by atoms with Crippen molar-refractivity contribution in [2.45, 2.75) is 90.1 Å². The van der Waals surface area contributed by atoms with Crippen molar-refractivity contribution in [2.24, 2.45) is 4.99 Å². The molecule has 0 spiro atoms. The van der Waals surface area contributed by atoms with E-state index in [0.717, 1.165) is 52.8 Å². The number of aliphatic imine (C=N–C) groups is 1. The van der Waals surface area contributed by atoms with E-state index in [2.05, 4.69) is 22.6 Å². The number of carbonyl (C=O) groups excluding carboxylic acids is 2. The zero-order valence-electron chi connectivity index (χ0n) is 21.8. The zero-order valence-corrected chi connectivity index (χ0v) is 24.8. The fraction of sp³-hybridized carbons (Fsp3) is 0.607. The number of ether oxygens (including phenoxy) is 3. The maximum Gasteiger partial charge on any atom is 0.344 e. The van der Waals surface area contributed by atoms with Gasteiger partial charge in [0.25, 0.3) is 5.91 Å². The van der Waals surface area contributed by atoms with Crippen LogP contribution in [0.2, 0.25) is 0 Å². The predicted molar refractivity (Wildman–Crippen MR) is 156 cm³/mol. The Kier molecular flexibility index (Phi) is 10.6. The molecule has 1 aromatic carbocycles. The van der Waals surface area contributed by atoms with Crippen molar-refractivity contribution in [1.82, 2.24) is 4.90 Å². The van der Waals surface area contributed by atoms with Crippen LogP contribution in [0.4, 0.5) is 0 Å². The minimum absolute atomic E-state index is 0.0575. The molecule has 1 aromatic rings. The number of rotatable bonds is 9. The summed E-state index contributed by atoms with van der Waals surface area (Å²) < 4.78 is 17.4. The van der Waals surface area contributed by atoms with Crippen LogP contribution >= 0.6 is 34.4 Å². The first-order valence-corrected chi connectivity index (χ1v) is 15.4. The summed E-state index contributed by atoms with van der Waals surface area (Å²) in [5, 5.41) is 0.879. The van der Waals surface area contributed by atoms with Gasteiger partial charge in [-0.15, -0.1) is 0 Å². The van der Waals surface area contributed by atoms with E-state index in [4.69, 9.17) is 19.2 Å². The molecule has 0 N–H and O–H groups in total. The topological polar surface area (TPSA) is 77.4 Å². The Morgan fingerprint density at radius 3 is 2.43 bits per heavy atom. The molecule has 0 radical (unpaired) electrons. The Morgan fingerprint density at radius 2 is 1.76 bits per heavy atom. The van der Waals surface area contributed by atoms with Gasteiger partial charge in [-0.25, -0.2) is 4.79 Å². The molecule has 7 nitrogen and oxygen atoms in total. The molecule has 2 saturated carbocycles. The van der Waals surface area contributed by atoms with Crippen molar-refractivity contribution < 1.29 is 23.8 Å². The van der Waals surface area contributed by atoms with Crippen molar-refractivity contribution in [2.75, 3.05) is 19.8 Å². The molecule has 37 heavy (non-hydrogen) atoms. The van der Waals surface area contributed by atoms with Gasteiger partial charge in [0.05, 0.1) is 27.7 Å². The highest BCUT2D eigenvalue weighted by Crippen LogP contribution is 2.40. The summed E-state index contributed by atoms with van der Waals surface area (Å²) in [6.45, 7) is 4.24. The molecule has 1 saturated heterocycles. The maximum atomic E-state index is 13.7. The second-order valence-electron chi connectivity index (χ2n) is 9.64. The van der Waals surface area contributed by atoms with E-state index in [1.807, 2.05) is 30.0 Å². The number of amides is 1. The Bertz CT molecular complexity index is 1030. The lowest BCUT2D eigenvalue weighted by molar-refractivity contribution is -0.145. The van der Waals surface area contributed by atoms with Gasteiger partial charge in [-0.05, 0) is 97.7 Å². The van der Waals surface area contributed by atoms with Crippen LogP contribution in [0.15, 0.2) is 22.0 Å². The van der Waals surface area contributed by atoms with E-state index in [9.17, 15) is 9.59 Å². The van der Waals surface area contributed by atoms with E-state index in [1.165, 1.54) is 37.4 Å². The standard InChI is InChI=1S/C28H37IN2O5S/c1-3-34-23-16-19(15-22(29)26(23)36-18-25(32)35-4-2)17-24-27(33)31(21-13-9-6-10-14-21)28(37-24)30-20-11-7-5-8-12-20/h15-17,20-21H,3-14,18H2,1-2H3. The number of amidine groups is 1. The molecule has 1 heterocycles. The number of halogens is 1. The normalized spacial score (nSPS) is 21.6. The number of esters is 1. The number of nitrogens with zero attached hydrogens (tertiary/aromatic N) is 2. The van der Waals surface area contributed by atoms with Gasteiger partial charge in [-0.1, -0.05) is 38.5 Å². The van der Waals surface area contributed by atoms with Gasteiger partial charge in [0.15, 0.2) is 23.3 Å². The van der Waals surface area contributed by atoms with Crippen LogP contribution in [-0.4, -0.2) is 53.8 Å². The van der Waals surface area contributed by atoms with Gasteiger partial charge in [0.1, 0.15) is 0 Å². The molecule has 0 bridgehead atoms. The summed E-state index contributed by atoms with van der Waals surface area (Å²) in [7, 11) is 0. The summed E-state index contributed by atoms with van der Waals surface area (Å²) in [6, 6.07) is 4.37. The predicted octanol–water partition coefficient (Wildman–Crippen LogP) is 6.57. The molecule has 3 fully saturated rings. The minimum Gasteiger partial charge on any atom is -0.490 e. The highest BCUT2D eigenvalue weighted by molar-refractivity contribution is 14.1. The molecule has 4 rings (SSSR count).